The summed E-state index contributed by atoms with van der Waals surface area (Å²) in [5.41, 5.74) is 0.877. The largest absolute Gasteiger partial charge is 0.326 e. The van der Waals surface area contributed by atoms with Gasteiger partial charge in [-0.25, -0.2) is 14.4 Å². The number of carbonyl (C=O) groups is 2. The van der Waals surface area contributed by atoms with E-state index in [1.165, 1.54) is 18.2 Å². The highest BCUT2D eigenvalue weighted by Gasteiger charge is 2.67. The van der Waals surface area contributed by atoms with E-state index in [-0.39, 0.29) is 22.1 Å². The quantitative estimate of drug-likeness (QED) is 0.364. The molecule has 12 heteroatoms. The van der Waals surface area contributed by atoms with Crippen molar-refractivity contribution in [3.63, 3.8) is 0 Å². The van der Waals surface area contributed by atoms with E-state index in [2.05, 4.69) is 20.6 Å². The average molecular weight is 549 g/mol. The van der Waals surface area contributed by atoms with Crippen molar-refractivity contribution in [2.45, 2.75) is 10.3 Å². The highest BCUT2D eigenvalue weighted by molar-refractivity contribution is 6.53. The molecular weight excluding hydrogens is 537 g/mol. The number of halogens is 6. The zero-order chi connectivity index (χ0) is 23.9. The molecule has 2 unspecified atom stereocenters. The van der Waals surface area contributed by atoms with Gasteiger partial charge < -0.3 is 10.6 Å². The Hall–Kier alpha value is -2.16. The van der Waals surface area contributed by atoms with Crippen LogP contribution in [0.15, 0.2) is 48.9 Å². The van der Waals surface area contributed by atoms with Crippen LogP contribution in [-0.4, -0.2) is 26.1 Å². The third kappa shape index (κ3) is 5.03. The van der Waals surface area contributed by atoms with E-state index in [0.29, 0.717) is 15.6 Å². The highest BCUT2D eigenvalue weighted by atomic mass is 35.5. The van der Waals surface area contributed by atoms with Crippen LogP contribution in [0.25, 0.3) is 0 Å². The molecule has 1 heterocycles. The number of alkyl halides is 2. The molecule has 1 fully saturated rings. The zero-order valence-corrected chi connectivity index (χ0v) is 20.0. The fraction of sp³-hybridized carbons (Fsp3) is 0.143. The van der Waals surface area contributed by atoms with Crippen molar-refractivity contribution in [3.8, 4) is 0 Å². The van der Waals surface area contributed by atoms with E-state index in [1.54, 1.807) is 18.2 Å². The summed E-state index contributed by atoms with van der Waals surface area (Å²) in [7, 11) is 0. The van der Waals surface area contributed by atoms with Crippen LogP contribution in [-0.2, 0) is 4.79 Å². The number of benzene rings is 2. The number of hydrogen-bond acceptors (Lipinski definition) is 4. The Labute approximate surface area is 212 Å². The third-order valence-electron chi connectivity index (χ3n) is 4.96. The number of amides is 2. The molecule has 2 atom stereocenters. The molecule has 0 saturated heterocycles. The molecule has 2 N–H and O–H groups in total. The molecule has 0 radical (unpaired) electrons. The molecule has 1 aromatic heterocycles. The second-order valence-electron chi connectivity index (χ2n) is 7.19. The van der Waals surface area contributed by atoms with Crippen LogP contribution >= 0.6 is 58.0 Å². The van der Waals surface area contributed by atoms with Crippen molar-refractivity contribution in [2.75, 3.05) is 10.6 Å². The van der Waals surface area contributed by atoms with Gasteiger partial charge in [0, 0.05) is 21.7 Å². The van der Waals surface area contributed by atoms with Gasteiger partial charge in [0.1, 0.15) is 10.7 Å². The number of rotatable bonds is 5. The summed E-state index contributed by atoms with van der Waals surface area (Å²) in [4.78, 5) is 32.6. The molecule has 1 aliphatic rings. The second-order valence-corrected chi connectivity index (χ2v) is 9.91. The van der Waals surface area contributed by atoms with Crippen LogP contribution in [0.1, 0.15) is 21.8 Å². The lowest BCUT2D eigenvalue weighted by Crippen LogP contribution is -2.18. The van der Waals surface area contributed by atoms with Gasteiger partial charge in [0.05, 0.1) is 22.7 Å². The first-order chi connectivity index (χ1) is 15.6. The van der Waals surface area contributed by atoms with Gasteiger partial charge in [0.2, 0.25) is 5.91 Å². The van der Waals surface area contributed by atoms with Crippen LogP contribution in [0.5, 0.6) is 0 Å². The Bertz CT molecular complexity index is 1250. The molecule has 2 aromatic carbocycles. The van der Waals surface area contributed by atoms with Crippen molar-refractivity contribution < 1.29 is 14.0 Å². The van der Waals surface area contributed by atoms with Crippen molar-refractivity contribution in [2.24, 2.45) is 5.92 Å². The minimum atomic E-state index is -1.37. The number of carbonyl (C=O) groups excluding carboxylic acids is 2. The topological polar surface area (TPSA) is 84.0 Å². The molecule has 170 valence electrons. The summed E-state index contributed by atoms with van der Waals surface area (Å²) in [5, 5.41) is 5.84. The molecule has 3 aromatic rings. The van der Waals surface area contributed by atoms with Crippen molar-refractivity contribution >= 4 is 81.3 Å². The number of hydrogen-bond donors (Lipinski definition) is 2. The maximum absolute atomic E-state index is 13.7. The smallest absolute Gasteiger partial charge is 0.258 e. The molecule has 1 saturated carbocycles. The van der Waals surface area contributed by atoms with Crippen LogP contribution < -0.4 is 10.6 Å². The molecule has 4 rings (SSSR count). The fourth-order valence-electron chi connectivity index (χ4n) is 3.40. The van der Waals surface area contributed by atoms with Gasteiger partial charge in [0.25, 0.3) is 5.91 Å². The monoisotopic (exact) mass is 546 g/mol. The van der Waals surface area contributed by atoms with Crippen molar-refractivity contribution in [1.29, 1.82) is 0 Å². The van der Waals surface area contributed by atoms with E-state index in [0.717, 1.165) is 12.5 Å². The summed E-state index contributed by atoms with van der Waals surface area (Å²) < 4.78 is 12.4. The highest BCUT2D eigenvalue weighted by Crippen LogP contribution is 2.65. The molecular formula is C21H12Cl5FN4O2. The molecule has 6 nitrogen and oxygen atoms in total. The summed E-state index contributed by atoms with van der Waals surface area (Å²) in [6, 6.07) is 9.09. The Morgan fingerprint density at radius 2 is 1.70 bits per heavy atom. The predicted octanol–water partition coefficient (Wildman–Crippen LogP) is 6.35. The van der Waals surface area contributed by atoms with Gasteiger partial charge >= 0.3 is 0 Å². The predicted molar refractivity (Wildman–Crippen MR) is 127 cm³/mol. The number of anilines is 2. The zero-order valence-electron chi connectivity index (χ0n) is 16.3. The molecule has 2 amide bonds. The minimum Gasteiger partial charge on any atom is -0.326 e. The first-order valence-electron chi connectivity index (χ1n) is 9.29. The first kappa shape index (κ1) is 24.0. The number of aromatic nitrogens is 2. The van der Waals surface area contributed by atoms with Crippen molar-refractivity contribution in [1.82, 2.24) is 9.97 Å². The van der Waals surface area contributed by atoms with Gasteiger partial charge in [-0.15, -0.1) is 23.2 Å². The van der Waals surface area contributed by atoms with Crippen LogP contribution in [0.3, 0.4) is 0 Å². The maximum Gasteiger partial charge on any atom is 0.258 e. The summed E-state index contributed by atoms with van der Waals surface area (Å²) in [6.07, 6.45) is 1.99. The van der Waals surface area contributed by atoms with Crippen LogP contribution in [0.2, 0.25) is 15.1 Å². The van der Waals surface area contributed by atoms with Gasteiger partial charge in [-0.2, -0.15) is 0 Å². The summed E-state index contributed by atoms with van der Waals surface area (Å²) in [6.45, 7) is 0. The van der Waals surface area contributed by atoms with Gasteiger partial charge in [-0.3, -0.25) is 9.59 Å². The van der Waals surface area contributed by atoms with E-state index in [4.69, 9.17) is 58.0 Å². The Kier molecular flexibility index (Phi) is 6.71. The van der Waals surface area contributed by atoms with Gasteiger partial charge in [-0.1, -0.05) is 34.8 Å². The standard InChI is InChI=1S/C21H12Cl5FN4O2/c22-10-3-9(4-11(23)5-10)16-17(21(16,25)26)20(33)30-12-1-2-14(24)13(6-12)19(32)31-18-15(27)7-28-8-29-18/h1-8,16-17H,(H,30,33)(H,28,29,31,32). The third-order valence-corrected chi connectivity index (χ3v) is 6.66. The summed E-state index contributed by atoms with van der Waals surface area (Å²) in [5.74, 6) is -3.65. The fourth-order valence-corrected chi connectivity index (χ4v) is 4.97. The SMILES string of the molecule is O=C(Nc1ncncc1F)c1cc(NC(=O)C2C(c3cc(Cl)cc(Cl)c3)C2(Cl)Cl)ccc1Cl. The normalized spacial score (nSPS) is 18.5. The van der Waals surface area contributed by atoms with Crippen LogP contribution in [0.4, 0.5) is 15.9 Å². The molecule has 33 heavy (non-hydrogen) atoms. The second kappa shape index (κ2) is 9.24. The molecule has 0 bridgehead atoms. The van der Waals surface area contributed by atoms with E-state index in [1.807, 2.05) is 0 Å². The van der Waals surface area contributed by atoms with E-state index in [9.17, 15) is 14.0 Å². The average Bonchev–Trinajstić information content (AvgIpc) is 3.32. The molecule has 0 aliphatic heterocycles. The first-order valence-corrected chi connectivity index (χ1v) is 11.2. The molecule has 0 spiro atoms. The van der Waals surface area contributed by atoms with Gasteiger partial charge in [0.15, 0.2) is 11.6 Å². The van der Waals surface area contributed by atoms with E-state index < -0.39 is 33.8 Å². The summed E-state index contributed by atoms with van der Waals surface area (Å²) >= 11 is 31.0. The Morgan fingerprint density at radius 1 is 1.00 bits per heavy atom. The number of nitrogens with one attached hydrogen (secondary N) is 2. The Balaban J connectivity index is 1.52. The van der Waals surface area contributed by atoms with Crippen LogP contribution in [0, 0.1) is 11.7 Å². The van der Waals surface area contributed by atoms with Gasteiger partial charge in [-0.05, 0) is 42.0 Å². The van der Waals surface area contributed by atoms with E-state index >= 15 is 0 Å². The molecule has 1 aliphatic carbocycles. The van der Waals surface area contributed by atoms with Crippen molar-refractivity contribution in [3.05, 3.63) is 80.9 Å². The number of nitrogens with zero attached hydrogens (tertiary/aromatic N) is 2. The lowest BCUT2D eigenvalue weighted by atomic mass is 10.1. The Morgan fingerprint density at radius 3 is 2.36 bits per heavy atom. The maximum atomic E-state index is 13.7. The lowest BCUT2D eigenvalue weighted by Gasteiger charge is -2.10. The lowest BCUT2D eigenvalue weighted by molar-refractivity contribution is -0.117. The minimum absolute atomic E-state index is 0.00976.